The zero-order valence-electron chi connectivity index (χ0n) is 13.9. The van der Waals surface area contributed by atoms with E-state index in [0.29, 0.717) is 11.8 Å². The number of rotatable bonds is 2. The molecular formula is C18H27N2O+. The van der Waals surface area contributed by atoms with E-state index in [0.717, 1.165) is 30.6 Å². The molecule has 2 heterocycles. The van der Waals surface area contributed by atoms with Crippen LogP contribution in [0.2, 0.25) is 0 Å². The van der Waals surface area contributed by atoms with E-state index in [2.05, 4.69) is 45.1 Å². The predicted octanol–water partition coefficient (Wildman–Crippen LogP) is 2.01. The summed E-state index contributed by atoms with van der Waals surface area (Å²) in [5.41, 5.74) is 4.78. The highest BCUT2D eigenvalue weighted by atomic mass is 16.2. The van der Waals surface area contributed by atoms with Crippen molar-refractivity contribution >= 4 is 5.91 Å². The average Bonchev–Trinajstić information content (AvgIpc) is 2.89. The van der Waals surface area contributed by atoms with E-state index in [9.17, 15) is 4.79 Å². The van der Waals surface area contributed by atoms with Crippen molar-refractivity contribution in [2.24, 2.45) is 0 Å². The molecule has 1 aromatic carbocycles. The van der Waals surface area contributed by atoms with Crippen molar-refractivity contribution in [3.8, 4) is 0 Å². The Morgan fingerprint density at radius 2 is 2.14 bits per heavy atom. The van der Waals surface area contributed by atoms with Crippen LogP contribution in [0.15, 0.2) is 12.1 Å². The molecule has 2 aliphatic heterocycles. The number of amides is 1. The summed E-state index contributed by atoms with van der Waals surface area (Å²) in [5.74, 6) is 1.19. The lowest BCUT2D eigenvalue weighted by molar-refractivity contribution is -0.640. The Morgan fingerprint density at radius 1 is 1.43 bits per heavy atom. The van der Waals surface area contributed by atoms with Crippen LogP contribution in [0.3, 0.4) is 0 Å². The van der Waals surface area contributed by atoms with Crippen LogP contribution >= 0.6 is 0 Å². The fraction of sp³-hybridized carbons (Fsp3) is 0.611. The van der Waals surface area contributed by atoms with Gasteiger partial charge >= 0.3 is 0 Å². The van der Waals surface area contributed by atoms with Crippen LogP contribution in [-0.4, -0.2) is 36.5 Å². The molecule has 1 saturated heterocycles. The third-order valence-electron chi connectivity index (χ3n) is 5.78. The second-order valence-electron chi connectivity index (χ2n) is 7.06. The molecule has 0 bridgehead atoms. The first-order valence-electron chi connectivity index (χ1n) is 8.16. The fourth-order valence-electron chi connectivity index (χ4n) is 4.39. The van der Waals surface area contributed by atoms with Gasteiger partial charge in [0.05, 0.1) is 12.5 Å². The van der Waals surface area contributed by atoms with Gasteiger partial charge in [-0.25, -0.2) is 0 Å². The summed E-state index contributed by atoms with van der Waals surface area (Å²) in [4.78, 5) is 15.0. The molecule has 1 fully saturated rings. The summed E-state index contributed by atoms with van der Waals surface area (Å²) in [7, 11) is 2.00. The standard InChI is InChI=1S/C18H26N2O/c1-6-18-10-19-9-15(18)14-8-13(11(2)3)7-12(4)16(14)17(21)20(18)5/h7-8,11,15,19H,6,9-10H2,1-5H3/p+1/t15-,18+/m1/s1. The van der Waals surface area contributed by atoms with Gasteiger partial charge in [0.15, 0.2) is 0 Å². The van der Waals surface area contributed by atoms with Crippen molar-refractivity contribution in [2.75, 3.05) is 20.1 Å². The predicted molar refractivity (Wildman–Crippen MR) is 84.8 cm³/mol. The van der Waals surface area contributed by atoms with E-state index >= 15 is 0 Å². The molecular weight excluding hydrogens is 260 g/mol. The average molecular weight is 287 g/mol. The van der Waals surface area contributed by atoms with E-state index in [-0.39, 0.29) is 11.4 Å². The van der Waals surface area contributed by atoms with Gasteiger partial charge in [-0.2, -0.15) is 0 Å². The van der Waals surface area contributed by atoms with Gasteiger partial charge < -0.3 is 10.2 Å². The first-order valence-corrected chi connectivity index (χ1v) is 8.16. The zero-order valence-corrected chi connectivity index (χ0v) is 13.9. The highest BCUT2D eigenvalue weighted by molar-refractivity contribution is 5.99. The maximum Gasteiger partial charge on any atom is 0.254 e. The van der Waals surface area contributed by atoms with Crippen molar-refractivity contribution in [3.05, 3.63) is 34.4 Å². The Balaban J connectivity index is 2.24. The Kier molecular flexibility index (Phi) is 3.36. The number of fused-ring (bicyclic) bond motifs is 3. The maximum absolute atomic E-state index is 12.9. The van der Waals surface area contributed by atoms with Crippen LogP contribution in [0, 0.1) is 6.92 Å². The van der Waals surface area contributed by atoms with Gasteiger partial charge in [0.25, 0.3) is 5.91 Å². The quantitative estimate of drug-likeness (QED) is 0.887. The highest BCUT2D eigenvalue weighted by Gasteiger charge is 2.54. The first kappa shape index (κ1) is 14.6. The summed E-state index contributed by atoms with van der Waals surface area (Å²) in [6.07, 6.45) is 1.03. The van der Waals surface area contributed by atoms with E-state index < -0.39 is 0 Å². The number of hydrogen-bond acceptors (Lipinski definition) is 1. The SMILES string of the molecule is CC[C@]12C[NH2+]C[C@@H]1c1cc(C(C)C)cc(C)c1C(=O)N2C. The number of quaternary nitrogens is 1. The van der Waals surface area contributed by atoms with Crippen molar-refractivity contribution < 1.29 is 10.1 Å². The van der Waals surface area contributed by atoms with E-state index in [4.69, 9.17) is 0 Å². The molecule has 3 nitrogen and oxygen atoms in total. The number of likely N-dealkylation sites (N-methyl/N-ethyl adjacent to an activating group) is 1. The lowest BCUT2D eigenvalue weighted by atomic mass is 9.72. The molecule has 2 atom stereocenters. The van der Waals surface area contributed by atoms with Crippen LogP contribution in [0.1, 0.15) is 66.1 Å². The normalized spacial score (nSPS) is 28.0. The van der Waals surface area contributed by atoms with E-state index in [1.54, 1.807) is 0 Å². The Hall–Kier alpha value is -1.35. The Labute approximate surface area is 127 Å². The second kappa shape index (κ2) is 4.84. The summed E-state index contributed by atoms with van der Waals surface area (Å²) < 4.78 is 0. The van der Waals surface area contributed by atoms with E-state index in [1.165, 1.54) is 11.1 Å². The molecule has 0 radical (unpaired) electrons. The number of nitrogens with zero attached hydrogens (tertiary/aromatic N) is 1. The number of benzene rings is 1. The van der Waals surface area contributed by atoms with Crippen LogP contribution in [0.5, 0.6) is 0 Å². The maximum atomic E-state index is 12.9. The first-order chi connectivity index (χ1) is 9.92. The number of aryl methyl sites for hydroxylation is 1. The number of hydrogen-bond donors (Lipinski definition) is 1. The molecule has 0 spiro atoms. The molecule has 1 amide bonds. The van der Waals surface area contributed by atoms with Crippen molar-refractivity contribution in [1.82, 2.24) is 4.90 Å². The molecule has 0 aromatic heterocycles. The van der Waals surface area contributed by atoms with Gasteiger partial charge in [-0.3, -0.25) is 4.79 Å². The van der Waals surface area contributed by atoms with Crippen molar-refractivity contribution in [3.63, 3.8) is 0 Å². The molecule has 21 heavy (non-hydrogen) atoms. The molecule has 3 rings (SSSR count). The molecule has 0 aliphatic carbocycles. The van der Waals surface area contributed by atoms with Crippen LogP contribution in [0.25, 0.3) is 0 Å². The van der Waals surface area contributed by atoms with Crippen molar-refractivity contribution in [1.29, 1.82) is 0 Å². The molecule has 2 N–H and O–H groups in total. The molecule has 0 saturated carbocycles. The number of carbonyl (C=O) groups is 1. The molecule has 0 unspecified atom stereocenters. The van der Waals surface area contributed by atoms with Gasteiger partial charge in [-0.1, -0.05) is 32.9 Å². The van der Waals surface area contributed by atoms with Gasteiger partial charge in [-0.05, 0) is 36.0 Å². The van der Waals surface area contributed by atoms with Crippen LogP contribution in [0.4, 0.5) is 0 Å². The van der Waals surface area contributed by atoms with Crippen LogP contribution in [-0.2, 0) is 0 Å². The third kappa shape index (κ3) is 1.87. The highest BCUT2D eigenvalue weighted by Crippen LogP contribution is 2.44. The molecule has 2 aliphatic rings. The second-order valence-corrected chi connectivity index (χ2v) is 7.06. The largest absolute Gasteiger partial charge is 0.344 e. The minimum absolute atomic E-state index is 0.00608. The van der Waals surface area contributed by atoms with Crippen molar-refractivity contribution in [2.45, 2.75) is 51.5 Å². The number of nitrogens with two attached hydrogens (primary N) is 1. The van der Waals surface area contributed by atoms with Gasteiger partial charge in [0, 0.05) is 12.6 Å². The lowest BCUT2D eigenvalue weighted by Gasteiger charge is -2.45. The summed E-state index contributed by atoms with van der Waals surface area (Å²) in [5, 5.41) is 2.38. The summed E-state index contributed by atoms with van der Waals surface area (Å²) in [6.45, 7) is 10.9. The Bertz CT molecular complexity index is 593. The monoisotopic (exact) mass is 287 g/mol. The minimum atomic E-state index is 0.00608. The van der Waals surface area contributed by atoms with Crippen LogP contribution < -0.4 is 5.32 Å². The smallest absolute Gasteiger partial charge is 0.254 e. The molecule has 114 valence electrons. The third-order valence-corrected chi connectivity index (χ3v) is 5.78. The van der Waals surface area contributed by atoms with E-state index in [1.807, 2.05) is 11.9 Å². The minimum Gasteiger partial charge on any atom is -0.344 e. The zero-order chi connectivity index (χ0) is 15.4. The molecule has 1 aromatic rings. The Morgan fingerprint density at radius 3 is 2.76 bits per heavy atom. The summed E-state index contributed by atoms with van der Waals surface area (Å²) in [6, 6.07) is 4.51. The molecule has 3 heteroatoms. The van der Waals surface area contributed by atoms with Gasteiger partial charge in [0.1, 0.15) is 12.1 Å². The number of carbonyl (C=O) groups excluding carboxylic acids is 1. The van der Waals surface area contributed by atoms with Gasteiger partial charge in [-0.15, -0.1) is 0 Å². The fourth-order valence-corrected chi connectivity index (χ4v) is 4.39. The lowest BCUT2D eigenvalue weighted by Crippen LogP contribution is -2.83. The summed E-state index contributed by atoms with van der Waals surface area (Å²) >= 11 is 0. The van der Waals surface area contributed by atoms with Gasteiger partial charge in [0.2, 0.25) is 0 Å². The topological polar surface area (TPSA) is 36.9 Å².